The van der Waals surface area contributed by atoms with Gasteiger partial charge < -0.3 is 15.0 Å². The van der Waals surface area contributed by atoms with Crippen molar-refractivity contribution in [1.82, 2.24) is 10.2 Å². The van der Waals surface area contributed by atoms with Crippen LogP contribution >= 0.6 is 0 Å². The van der Waals surface area contributed by atoms with Crippen molar-refractivity contribution in [2.45, 2.75) is 33.3 Å². The molecule has 2 aliphatic heterocycles. The van der Waals surface area contributed by atoms with E-state index in [0.717, 1.165) is 0 Å². The van der Waals surface area contributed by atoms with Crippen LogP contribution in [0.2, 0.25) is 0 Å². The van der Waals surface area contributed by atoms with Crippen molar-refractivity contribution in [3.8, 4) is 0 Å². The first-order valence-electron chi connectivity index (χ1n) is 6.57. The third kappa shape index (κ3) is 2.66. The largest absolute Gasteiger partial charge is 0.374 e. The number of nitrogens with one attached hydrogen (secondary N) is 1. The van der Waals surface area contributed by atoms with Crippen LogP contribution in [0.25, 0.3) is 0 Å². The number of carbonyl (C=O) groups excluding carboxylic acids is 2. The Morgan fingerprint density at radius 3 is 2.72 bits per heavy atom. The minimum Gasteiger partial charge on any atom is -0.374 e. The van der Waals surface area contributed by atoms with Crippen LogP contribution in [0, 0.1) is 11.3 Å². The zero-order chi connectivity index (χ0) is 13.3. The van der Waals surface area contributed by atoms with E-state index in [1.165, 1.54) is 0 Å². The number of carbonyl (C=O) groups is 2. The molecule has 2 saturated heterocycles. The fourth-order valence-electron chi connectivity index (χ4n) is 2.42. The van der Waals surface area contributed by atoms with Gasteiger partial charge in [-0.3, -0.25) is 9.59 Å². The molecule has 0 spiro atoms. The lowest BCUT2D eigenvalue weighted by molar-refractivity contribution is -0.150. The van der Waals surface area contributed by atoms with E-state index in [-0.39, 0.29) is 23.3 Å². The van der Waals surface area contributed by atoms with Crippen molar-refractivity contribution in [2.24, 2.45) is 11.3 Å². The van der Waals surface area contributed by atoms with Crippen molar-refractivity contribution in [2.75, 3.05) is 26.2 Å². The van der Waals surface area contributed by atoms with Gasteiger partial charge in [-0.15, -0.1) is 0 Å². The van der Waals surface area contributed by atoms with Crippen molar-refractivity contribution in [3.05, 3.63) is 0 Å². The summed E-state index contributed by atoms with van der Waals surface area (Å²) in [5.74, 6) is -0.648. The molecular formula is C13H22N2O3. The highest BCUT2D eigenvalue weighted by atomic mass is 16.5. The number of morpholine rings is 1. The molecule has 5 nitrogen and oxygen atoms in total. The summed E-state index contributed by atoms with van der Waals surface area (Å²) in [5, 5.41) is 2.71. The molecule has 102 valence electrons. The number of rotatable bonds is 1. The second-order valence-electron chi connectivity index (χ2n) is 6.14. The van der Waals surface area contributed by atoms with E-state index in [2.05, 4.69) is 26.1 Å². The summed E-state index contributed by atoms with van der Waals surface area (Å²) in [6.07, 6.45) is 0.662. The molecule has 18 heavy (non-hydrogen) atoms. The summed E-state index contributed by atoms with van der Waals surface area (Å²) >= 11 is 0. The van der Waals surface area contributed by atoms with Gasteiger partial charge in [0.15, 0.2) is 0 Å². The van der Waals surface area contributed by atoms with Gasteiger partial charge in [0.25, 0.3) is 0 Å². The number of ether oxygens (including phenoxy) is 1. The third-order valence-corrected chi connectivity index (χ3v) is 3.69. The van der Waals surface area contributed by atoms with Gasteiger partial charge in [-0.1, -0.05) is 20.8 Å². The molecule has 2 amide bonds. The van der Waals surface area contributed by atoms with E-state index >= 15 is 0 Å². The van der Waals surface area contributed by atoms with Crippen molar-refractivity contribution in [1.29, 1.82) is 0 Å². The van der Waals surface area contributed by atoms with Crippen LogP contribution in [0.4, 0.5) is 0 Å². The van der Waals surface area contributed by atoms with Gasteiger partial charge in [0.1, 0.15) is 5.92 Å². The highest BCUT2D eigenvalue weighted by Crippen LogP contribution is 2.26. The third-order valence-electron chi connectivity index (χ3n) is 3.69. The second kappa shape index (κ2) is 4.88. The van der Waals surface area contributed by atoms with E-state index in [0.29, 0.717) is 32.7 Å². The molecule has 0 aromatic carbocycles. The number of hydrogen-bond acceptors (Lipinski definition) is 3. The Balaban J connectivity index is 2.00. The van der Waals surface area contributed by atoms with Crippen molar-refractivity contribution >= 4 is 11.8 Å². The van der Waals surface area contributed by atoms with E-state index in [1.807, 2.05) is 0 Å². The predicted octanol–water partition coefficient (Wildman–Crippen LogP) is 0.396. The highest BCUT2D eigenvalue weighted by Gasteiger charge is 2.38. The molecule has 2 aliphatic rings. The quantitative estimate of drug-likeness (QED) is 0.689. The topological polar surface area (TPSA) is 58.6 Å². The molecule has 0 radical (unpaired) electrons. The van der Waals surface area contributed by atoms with Crippen molar-refractivity contribution < 1.29 is 14.3 Å². The fraction of sp³-hybridized carbons (Fsp3) is 0.846. The Morgan fingerprint density at radius 2 is 2.17 bits per heavy atom. The number of amides is 2. The zero-order valence-corrected chi connectivity index (χ0v) is 11.4. The molecule has 0 unspecified atom stereocenters. The summed E-state index contributed by atoms with van der Waals surface area (Å²) in [6.45, 7) is 8.67. The van der Waals surface area contributed by atoms with Gasteiger partial charge in [-0.2, -0.15) is 0 Å². The first-order chi connectivity index (χ1) is 8.39. The molecule has 2 heterocycles. The van der Waals surface area contributed by atoms with Gasteiger partial charge in [-0.05, 0) is 11.8 Å². The highest BCUT2D eigenvalue weighted by molar-refractivity contribution is 6.01. The van der Waals surface area contributed by atoms with E-state index < -0.39 is 5.92 Å². The molecule has 0 bridgehead atoms. The van der Waals surface area contributed by atoms with E-state index in [9.17, 15) is 9.59 Å². The average Bonchev–Trinajstić information content (AvgIpc) is 2.73. The lowest BCUT2D eigenvalue weighted by Crippen LogP contribution is -2.52. The summed E-state index contributed by atoms with van der Waals surface area (Å²) in [7, 11) is 0. The van der Waals surface area contributed by atoms with Gasteiger partial charge in [0.2, 0.25) is 11.8 Å². The lowest BCUT2D eigenvalue weighted by Gasteiger charge is -2.40. The smallest absolute Gasteiger partial charge is 0.235 e. The Bertz CT molecular complexity index is 349. The zero-order valence-electron chi connectivity index (χ0n) is 11.4. The predicted molar refractivity (Wildman–Crippen MR) is 66.9 cm³/mol. The standard InChI is InChI=1S/C13H22N2O3/c1-13(2,3)10-8-15(6-7-18-10)12(17)9-4-5-14-11(9)16/h9-10H,4-8H2,1-3H3,(H,14,16)/t9-,10-/m1/s1. The molecule has 1 N–H and O–H groups in total. The Hall–Kier alpha value is -1.10. The first kappa shape index (κ1) is 13.3. The van der Waals surface area contributed by atoms with Crippen LogP contribution < -0.4 is 5.32 Å². The fourth-order valence-corrected chi connectivity index (χ4v) is 2.42. The van der Waals surface area contributed by atoms with Crippen LogP contribution in [-0.2, 0) is 14.3 Å². The molecule has 0 aromatic heterocycles. The molecular weight excluding hydrogens is 232 g/mol. The second-order valence-corrected chi connectivity index (χ2v) is 6.14. The lowest BCUT2D eigenvalue weighted by atomic mass is 9.87. The SMILES string of the molecule is CC(C)(C)[C@H]1CN(C(=O)[C@@H]2CCNC2=O)CCO1. The molecule has 0 saturated carbocycles. The Morgan fingerprint density at radius 1 is 1.44 bits per heavy atom. The molecule has 2 rings (SSSR count). The minimum absolute atomic E-state index is 0.0108. The van der Waals surface area contributed by atoms with Crippen molar-refractivity contribution in [3.63, 3.8) is 0 Å². The van der Waals surface area contributed by atoms with Gasteiger partial charge in [0.05, 0.1) is 12.7 Å². The van der Waals surface area contributed by atoms with Crippen LogP contribution in [0.15, 0.2) is 0 Å². The van der Waals surface area contributed by atoms with E-state index in [4.69, 9.17) is 4.74 Å². The van der Waals surface area contributed by atoms with Crippen LogP contribution in [0.1, 0.15) is 27.2 Å². The van der Waals surface area contributed by atoms with E-state index in [1.54, 1.807) is 4.90 Å². The van der Waals surface area contributed by atoms with Gasteiger partial charge in [0, 0.05) is 19.6 Å². The number of nitrogens with zero attached hydrogens (tertiary/aromatic N) is 1. The minimum atomic E-state index is -0.483. The summed E-state index contributed by atoms with van der Waals surface area (Å²) < 4.78 is 5.72. The van der Waals surface area contributed by atoms with Crippen LogP contribution in [0.5, 0.6) is 0 Å². The molecule has 0 aliphatic carbocycles. The molecule has 0 aromatic rings. The summed E-state index contributed by atoms with van der Waals surface area (Å²) in [6, 6.07) is 0. The maximum Gasteiger partial charge on any atom is 0.235 e. The first-order valence-corrected chi connectivity index (χ1v) is 6.57. The molecule has 5 heteroatoms. The monoisotopic (exact) mass is 254 g/mol. The average molecular weight is 254 g/mol. The van der Waals surface area contributed by atoms with Crippen LogP contribution in [-0.4, -0.2) is 49.1 Å². The van der Waals surface area contributed by atoms with Crippen LogP contribution in [0.3, 0.4) is 0 Å². The Kier molecular flexibility index (Phi) is 3.61. The maximum absolute atomic E-state index is 12.3. The molecule has 2 atom stereocenters. The maximum atomic E-state index is 12.3. The molecule has 2 fully saturated rings. The normalized spacial score (nSPS) is 29.3. The summed E-state index contributed by atoms with van der Waals surface area (Å²) in [4.78, 5) is 25.6. The summed E-state index contributed by atoms with van der Waals surface area (Å²) in [5.41, 5.74) is 0.0108. The number of hydrogen-bond donors (Lipinski definition) is 1. The van der Waals surface area contributed by atoms with Gasteiger partial charge >= 0.3 is 0 Å². The Labute approximate surface area is 108 Å². The van der Waals surface area contributed by atoms with Gasteiger partial charge in [-0.25, -0.2) is 0 Å².